The maximum atomic E-state index is 10.1. The second-order valence-electron chi connectivity index (χ2n) is 7.91. The molecule has 0 amide bonds. The Labute approximate surface area is 195 Å². The van der Waals surface area contributed by atoms with Crippen LogP contribution in [-0.4, -0.2) is 41.1 Å². The molecule has 3 heterocycles. The van der Waals surface area contributed by atoms with Crippen LogP contribution >= 0.6 is 15.9 Å². The molecule has 0 radical (unpaired) electrons. The van der Waals surface area contributed by atoms with Crippen molar-refractivity contribution in [2.24, 2.45) is 0 Å². The van der Waals surface area contributed by atoms with Crippen LogP contribution in [0.2, 0.25) is 0 Å². The van der Waals surface area contributed by atoms with Gasteiger partial charge in [0.05, 0.1) is 12.7 Å². The van der Waals surface area contributed by atoms with Crippen molar-refractivity contribution in [2.75, 3.05) is 6.61 Å². The first-order valence-electron chi connectivity index (χ1n) is 10.6. The van der Waals surface area contributed by atoms with Gasteiger partial charge in [-0.1, -0.05) is 60.7 Å². The summed E-state index contributed by atoms with van der Waals surface area (Å²) >= 11 is 3.44. The number of aliphatic hydroxyl groups is 1. The van der Waals surface area contributed by atoms with Gasteiger partial charge in [0.2, 0.25) is 0 Å². The number of pyridine rings is 1. The van der Waals surface area contributed by atoms with Gasteiger partial charge in [-0.05, 0) is 33.6 Å². The lowest BCUT2D eigenvalue weighted by Crippen LogP contribution is -2.59. The Morgan fingerprint density at radius 1 is 0.750 bits per heavy atom. The Morgan fingerprint density at radius 3 is 1.88 bits per heavy atom. The van der Waals surface area contributed by atoms with Crippen LogP contribution in [0.25, 0.3) is 0 Å². The van der Waals surface area contributed by atoms with E-state index in [2.05, 4.69) is 20.9 Å². The molecule has 2 unspecified atom stereocenters. The van der Waals surface area contributed by atoms with Crippen molar-refractivity contribution in [1.82, 2.24) is 4.98 Å². The minimum atomic E-state index is -0.609. The lowest BCUT2D eigenvalue weighted by Gasteiger charge is -2.49. The standard InChI is InChI=1S/C25H24BrNO5/c26-21-14-16(11-12-27-21)13-19-22-23(32-24(29-19)17-7-3-1-4-8-17)20(15-28)30-25(31-22)18-9-5-2-6-10-18/h1-12,14,19-20,22-25,28H,13,15H2/t19-,20-,22+,23-,24?,25?/m1/s1. The van der Waals surface area contributed by atoms with Crippen LogP contribution < -0.4 is 0 Å². The van der Waals surface area contributed by atoms with Crippen molar-refractivity contribution in [2.45, 2.75) is 43.4 Å². The summed E-state index contributed by atoms with van der Waals surface area (Å²) in [6, 6.07) is 23.5. The summed E-state index contributed by atoms with van der Waals surface area (Å²) in [4.78, 5) is 4.22. The number of halogens is 1. The summed E-state index contributed by atoms with van der Waals surface area (Å²) in [7, 11) is 0. The molecule has 3 aromatic rings. The fourth-order valence-electron chi connectivity index (χ4n) is 4.22. The van der Waals surface area contributed by atoms with Crippen LogP contribution in [0.1, 0.15) is 29.3 Å². The third-order valence-electron chi connectivity index (χ3n) is 5.77. The quantitative estimate of drug-likeness (QED) is 0.528. The summed E-state index contributed by atoms with van der Waals surface area (Å²) in [5.41, 5.74) is 2.87. The fourth-order valence-corrected chi connectivity index (χ4v) is 4.64. The molecular weight excluding hydrogens is 474 g/mol. The maximum absolute atomic E-state index is 10.1. The lowest BCUT2D eigenvalue weighted by atomic mass is 9.94. The molecule has 1 N–H and O–H groups in total. The minimum absolute atomic E-state index is 0.178. The molecule has 2 aliphatic heterocycles. The van der Waals surface area contributed by atoms with Gasteiger partial charge in [0.25, 0.3) is 0 Å². The molecule has 2 aromatic carbocycles. The molecule has 2 saturated heterocycles. The monoisotopic (exact) mass is 497 g/mol. The van der Waals surface area contributed by atoms with Crippen LogP contribution in [0, 0.1) is 0 Å². The van der Waals surface area contributed by atoms with E-state index in [0.717, 1.165) is 21.3 Å². The van der Waals surface area contributed by atoms with Crippen LogP contribution in [0.4, 0.5) is 0 Å². The summed E-state index contributed by atoms with van der Waals surface area (Å²) in [5.74, 6) is 0. The van der Waals surface area contributed by atoms with E-state index in [0.29, 0.717) is 6.42 Å². The molecule has 5 rings (SSSR count). The zero-order valence-corrected chi connectivity index (χ0v) is 18.9. The first-order valence-corrected chi connectivity index (χ1v) is 11.4. The molecule has 6 atom stereocenters. The number of fused-ring (bicyclic) bond motifs is 1. The first kappa shape index (κ1) is 21.7. The molecule has 2 aliphatic rings. The number of nitrogens with zero attached hydrogens (tertiary/aromatic N) is 1. The summed E-state index contributed by atoms with van der Waals surface area (Å²) in [6.07, 6.45) is -0.567. The van der Waals surface area contributed by atoms with Crippen LogP contribution in [-0.2, 0) is 25.4 Å². The summed E-state index contributed by atoms with van der Waals surface area (Å²) in [6.45, 7) is -0.178. The highest BCUT2D eigenvalue weighted by atomic mass is 79.9. The predicted octanol–water partition coefficient (Wildman–Crippen LogP) is 4.34. The molecular formula is C25H24BrNO5. The highest BCUT2D eigenvalue weighted by Gasteiger charge is 2.49. The number of hydrogen-bond acceptors (Lipinski definition) is 6. The molecule has 166 valence electrons. The van der Waals surface area contributed by atoms with E-state index < -0.39 is 30.9 Å². The van der Waals surface area contributed by atoms with Gasteiger partial charge in [0.1, 0.15) is 22.9 Å². The summed E-state index contributed by atoms with van der Waals surface area (Å²) in [5, 5.41) is 10.1. The fraction of sp³-hybridized carbons (Fsp3) is 0.320. The maximum Gasteiger partial charge on any atom is 0.184 e. The van der Waals surface area contributed by atoms with Crippen molar-refractivity contribution < 1.29 is 24.1 Å². The van der Waals surface area contributed by atoms with Crippen LogP contribution in [0.15, 0.2) is 83.6 Å². The normalized spacial score (nSPS) is 29.9. The van der Waals surface area contributed by atoms with E-state index in [-0.39, 0.29) is 12.7 Å². The van der Waals surface area contributed by atoms with Crippen LogP contribution in [0.3, 0.4) is 0 Å². The Balaban J connectivity index is 1.47. The number of hydrogen-bond donors (Lipinski definition) is 1. The van der Waals surface area contributed by atoms with Gasteiger partial charge in [0.15, 0.2) is 12.6 Å². The zero-order chi connectivity index (χ0) is 21.9. The Bertz CT molecular complexity index is 1020. The van der Waals surface area contributed by atoms with Crippen molar-refractivity contribution in [1.29, 1.82) is 0 Å². The van der Waals surface area contributed by atoms with Crippen molar-refractivity contribution in [3.05, 3.63) is 100 Å². The van der Waals surface area contributed by atoms with Gasteiger partial charge in [0, 0.05) is 23.7 Å². The number of aliphatic hydroxyl groups excluding tert-OH is 1. The Hall–Kier alpha value is -2.13. The van der Waals surface area contributed by atoms with E-state index in [9.17, 15) is 5.11 Å². The molecule has 0 spiro atoms. The zero-order valence-electron chi connectivity index (χ0n) is 17.3. The number of rotatable bonds is 5. The second kappa shape index (κ2) is 9.79. The van der Waals surface area contributed by atoms with Gasteiger partial charge < -0.3 is 24.1 Å². The Morgan fingerprint density at radius 2 is 1.31 bits per heavy atom. The number of aromatic nitrogens is 1. The van der Waals surface area contributed by atoms with Gasteiger partial charge in [-0.3, -0.25) is 0 Å². The van der Waals surface area contributed by atoms with Crippen molar-refractivity contribution in [3.63, 3.8) is 0 Å². The molecule has 1 aromatic heterocycles. The highest BCUT2D eigenvalue weighted by Crippen LogP contribution is 2.41. The first-order chi connectivity index (χ1) is 15.7. The second-order valence-corrected chi connectivity index (χ2v) is 8.72. The molecule has 32 heavy (non-hydrogen) atoms. The smallest absolute Gasteiger partial charge is 0.184 e. The van der Waals surface area contributed by atoms with E-state index >= 15 is 0 Å². The predicted molar refractivity (Wildman–Crippen MR) is 121 cm³/mol. The van der Waals surface area contributed by atoms with Gasteiger partial charge in [-0.2, -0.15) is 0 Å². The van der Waals surface area contributed by atoms with E-state index in [1.807, 2.05) is 72.8 Å². The van der Waals surface area contributed by atoms with Gasteiger partial charge in [-0.15, -0.1) is 0 Å². The Kier molecular flexibility index (Phi) is 6.64. The summed E-state index contributed by atoms with van der Waals surface area (Å²) < 4.78 is 26.0. The van der Waals surface area contributed by atoms with Crippen molar-refractivity contribution >= 4 is 15.9 Å². The topological polar surface area (TPSA) is 70.0 Å². The number of benzene rings is 2. The average Bonchev–Trinajstić information content (AvgIpc) is 2.84. The van der Waals surface area contributed by atoms with Crippen LogP contribution in [0.5, 0.6) is 0 Å². The van der Waals surface area contributed by atoms with E-state index in [1.54, 1.807) is 6.20 Å². The third-order valence-corrected chi connectivity index (χ3v) is 6.20. The molecule has 2 fully saturated rings. The minimum Gasteiger partial charge on any atom is -0.394 e. The van der Waals surface area contributed by atoms with E-state index in [1.165, 1.54) is 0 Å². The highest BCUT2D eigenvalue weighted by molar-refractivity contribution is 9.10. The SMILES string of the molecule is OC[C@H]1OC(c2ccccc2)O[C@@H]2[C@@H]1OC(c1ccccc1)O[C@@H]2Cc1ccnc(Br)c1. The van der Waals surface area contributed by atoms with Crippen molar-refractivity contribution in [3.8, 4) is 0 Å². The lowest BCUT2D eigenvalue weighted by molar-refractivity contribution is -0.384. The third kappa shape index (κ3) is 4.64. The van der Waals surface area contributed by atoms with Gasteiger partial charge >= 0.3 is 0 Å². The molecule has 7 heteroatoms. The molecule has 0 saturated carbocycles. The largest absolute Gasteiger partial charge is 0.394 e. The molecule has 0 bridgehead atoms. The number of ether oxygens (including phenoxy) is 4. The average molecular weight is 498 g/mol. The molecule has 0 aliphatic carbocycles. The van der Waals surface area contributed by atoms with E-state index in [4.69, 9.17) is 18.9 Å². The molecule has 6 nitrogen and oxygen atoms in total. The van der Waals surface area contributed by atoms with Gasteiger partial charge in [-0.25, -0.2) is 4.98 Å².